The van der Waals surface area contributed by atoms with Crippen LogP contribution in [0.25, 0.3) is 22.0 Å². The van der Waals surface area contributed by atoms with Gasteiger partial charge in [-0.3, -0.25) is 4.31 Å². The second kappa shape index (κ2) is 7.78. The van der Waals surface area contributed by atoms with Crippen LogP contribution in [0.1, 0.15) is 16.7 Å². The van der Waals surface area contributed by atoms with E-state index in [0.717, 1.165) is 22.3 Å². The lowest BCUT2D eigenvalue weighted by Crippen LogP contribution is -2.28. The molecule has 0 atom stereocenters. The van der Waals surface area contributed by atoms with Crippen molar-refractivity contribution in [3.05, 3.63) is 89.2 Å². The number of pyridine rings is 1. The predicted molar refractivity (Wildman–Crippen MR) is 123 cm³/mol. The number of halogens is 1. The first-order chi connectivity index (χ1) is 14.7. The van der Waals surface area contributed by atoms with Gasteiger partial charge in [-0.15, -0.1) is 0 Å². The molecular formula is C25H23FN2O2S. The molecule has 6 heteroatoms. The quantitative estimate of drug-likeness (QED) is 0.408. The zero-order chi connectivity index (χ0) is 22.3. The zero-order valence-electron chi connectivity index (χ0n) is 17.8. The lowest BCUT2D eigenvalue weighted by molar-refractivity contribution is 0.594. The number of rotatable bonds is 4. The molecule has 0 unspecified atom stereocenters. The third-order valence-electron chi connectivity index (χ3n) is 5.51. The first-order valence-corrected chi connectivity index (χ1v) is 11.3. The molecule has 4 rings (SSSR count). The highest BCUT2D eigenvalue weighted by atomic mass is 32.2. The second-order valence-corrected chi connectivity index (χ2v) is 9.72. The highest BCUT2D eigenvalue weighted by Crippen LogP contribution is 2.38. The molecule has 4 nitrogen and oxygen atoms in total. The Kier molecular flexibility index (Phi) is 5.27. The van der Waals surface area contributed by atoms with Crippen LogP contribution in [0.5, 0.6) is 0 Å². The molecule has 0 bridgehead atoms. The third kappa shape index (κ3) is 3.79. The summed E-state index contributed by atoms with van der Waals surface area (Å²) in [5.41, 5.74) is 4.86. The highest BCUT2D eigenvalue weighted by molar-refractivity contribution is 7.92. The maximum atomic E-state index is 14.0. The van der Waals surface area contributed by atoms with E-state index < -0.39 is 10.0 Å². The van der Waals surface area contributed by atoms with Gasteiger partial charge in [0.15, 0.2) is 5.82 Å². The van der Waals surface area contributed by atoms with Crippen LogP contribution in [-0.4, -0.2) is 20.4 Å². The number of aryl methyl sites for hydroxylation is 3. The summed E-state index contributed by atoms with van der Waals surface area (Å²) in [6, 6.07) is 18.9. The Bertz CT molecular complexity index is 1380. The fraction of sp³-hybridized carbons (Fsp3) is 0.160. The Balaban J connectivity index is 1.99. The predicted octanol–water partition coefficient (Wildman–Crippen LogP) is 5.79. The number of fused-ring (bicyclic) bond motifs is 1. The van der Waals surface area contributed by atoms with Crippen molar-refractivity contribution in [3.8, 4) is 11.1 Å². The van der Waals surface area contributed by atoms with E-state index in [-0.39, 0.29) is 10.7 Å². The van der Waals surface area contributed by atoms with Gasteiger partial charge in [-0.05, 0) is 62.2 Å². The van der Waals surface area contributed by atoms with E-state index in [9.17, 15) is 12.8 Å². The molecule has 0 N–H and O–H groups in total. The smallest absolute Gasteiger partial charge is 0.252 e. The van der Waals surface area contributed by atoms with Crippen LogP contribution >= 0.6 is 0 Å². The van der Waals surface area contributed by atoms with Crippen molar-refractivity contribution >= 4 is 26.7 Å². The molecular weight excluding hydrogens is 411 g/mol. The van der Waals surface area contributed by atoms with Gasteiger partial charge in [0, 0.05) is 18.0 Å². The molecule has 1 aromatic heterocycles. The average molecular weight is 435 g/mol. The third-order valence-corrected chi connectivity index (χ3v) is 7.27. The van der Waals surface area contributed by atoms with E-state index in [2.05, 4.69) is 4.98 Å². The number of hydrogen-bond donors (Lipinski definition) is 0. The molecule has 4 aromatic rings. The van der Waals surface area contributed by atoms with E-state index >= 15 is 0 Å². The molecule has 0 aliphatic carbocycles. The van der Waals surface area contributed by atoms with E-state index in [4.69, 9.17) is 0 Å². The number of hydrogen-bond acceptors (Lipinski definition) is 3. The summed E-state index contributed by atoms with van der Waals surface area (Å²) in [4.78, 5) is 4.85. The molecule has 0 aliphatic rings. The summed E-state index contributed by atoms with van der Waals surface area (Å²) in [7, 11) is -2.34. The van der Waals surface area contributed by atoms with Gasteiger partial charge in [0.1, 0.15) is 5.82 Å². The first-order valence-electron chi connectivity index (χ1n) is 9.91. The van der Waals surface area contributed by atoms with Crippen LogP contribution in [0, 0.1) is 26.6 Å². The van der Waals surface area contributed by atoms with E-state index in [1.807, 2.05) is 45.0 Å². The Labute approximate surface area is 182 Å². The largest absolute Gasteiger partial charge is 0.265 e. The number of benzene rings is 3. The number of nitrogens with zero attached hydrogens (tertiary/aromatic N) is 2. The van der Waals surface area contributed by atoms with Gasteiger partial charge >= 0.3 is 0 Å². The summed E-state index contributed by atoms with van der Waals surface area (Å²) >= 11 is 0. The van der Waals surface area contributed by atoms with Crippen molar-refractivity contribution in [3.63, 3.8) is 0 Å². The Morgan fingerprint density at radius 3 is 2.03 bits per heavy atom. The highest BCUT2D eigenvalue weighted by Gasteiger charge is 2.27. The van der Waals surface area contributed by atoms with Crippen molar-refractivity contribution in [1.29, 1.82) is 0 Å². The van der Waals surface area contributed by atoms with Crippen molar-refractivity contribution < 1.29 is 12.8 Å². The second-order valence-electron chi connectivity index (χ2n) is 7.75. The van der Waals surface area contributed by atoms with E-state index in [0.29, 0.717) is 22.3 Å². The molecule has 0 saturated carbocycles. The minimum absolute atomic E-state index is 0.189. The summed E-state index contributed by atoms with van der Waals surface area (Å²) in [5.74, 6) is -0.0540. The van der Waals surface area contributed by atoms with E-state index in [1.54, 1.807) is 30.3 Å². The van der Waals surface area contributed by atoms with Gasteiger partial charge < -0.3 is 0 Å². The minimum atomic E-state index is -3.84. The maximum Gasteiger partial charge on any atom is 0.265 e. The van der Waals surface area contributed by atoms with Crippen LogP contribution in [0.4, 0.5) is 10.2 Å². The molecule has 0 radical (unpaired) electrons. The lowest BCUT2D eigenvalue weighted by atomic mass is 9.97. The van der Waals surface area contributed by atoms with Crippen LogP contribution in [-0.2, 0) is 10.0 Å². The van der Waals surface area contributed by atoms with Crippen LogP contribution in [0.2, 0.25) is 0 Å². The van der Waals surface area contributed by atoms with Gasteiger partial charge in [0.2, 0.25) is 0 Å². The van der Waals surface area contributed by atoms with Crippen molar-refractivity contribution in [2.75, 3.05) is 11.4 Å². The van der Waals surface area contributed by atoms with E-state index in [1.165, 1.54) is 23.5 Å². The standard InChI is InChI=1S/C25H23FN2O2S/c1-16-5-9-19(10-6-16)24-18(3)22-15-20(26)11-14-23(22)27-25(24)28(4)31(29,30)21-12-7-17(2)8-13-21/h5-15H,1-4H3. The van der Waals surface area contributed by atoms with Crippen LogP contribution < -0.4 is 4.31 Å². The molecule has 1 heterocycles. The first kappa shape index (κ1) is 21.0. The van der Waals surface area contributed by atoms with Gasteiger partial charge in [0.25, 0.3) is 10.0 Å². The van der Waals surface area contributed by atoms with Gasteiger partial charge in [-0.1, -0.05) is 47.5 Å². The van der Waals surface area contributed by atoms with Gasteiger partial charge in [0.05, 0.1) is 10.4 Å². The Morgan fingerprint density at radius 1 is 0.839 bits per heavy atom. The fourth-order valence-corrected chi connectivity index (χ4v) is 4.81. The summed E-state index contributed by atoms with van der Waals surface area (Å²) in [5, 5.41) is 0.653. The summed E-state index contributed by atoms with van der Waals surface area (Å²) in [6.45, 7) is 5.76. The van der Waals surface area contributed by atoms with Gasteiger partial charge in [-0.2, -0.15) is 0 Å². The molecule has 31 heavy (non-hydrogen) atoms. The fourth-order valence-electron chi connectivity index (χ4n) is 3.65. The molecule has 3 aromatic carbocycles. The summed E-state index contributed by atoms with van der Waals surface area (Å²) in [6.07, 6.45) is 0. The summed E-state index contributed by atoms with van der Waals surface area (Å²) < 4.78 is 42.0. The van der Waals surface area contributed by atoms with Gasteiger partial charge in [-0.25, -0.2) is 17.8 Å². The number of anilines is 1. The molecule has 158 valence electrons. The van der Waals surface area contributed by atoms with Crippen molar-refractivity contribution in [2.45, 2.75) is 25.7 Å². The molecule has 0 saturated heterocycles. The maximum absolute atomic E-state index is 14.0. The molecule has 0 fully saturated rings. The Morgan fingerprint density at radius 2 is 1.42 bits per heavy atom. The number of sulfonamides is 1. The molecule has 0 amide bonds. The molecule has 0 spiro atoms. The van der Waals surface area contributed by atoms with Crippen molar-refractivity contribution in [1.82, 2.24) is 4.98 Å². The lowest BCUT2D eigenvalue weighted by Gasteiger charge is -2.24. The Hall–Kier alpha value is -3.25. The minimum Gasteiger partial charge on any atom is -0.252 e. The molecule has 0 aliphatic heterocycles. The monoisotopic (exact) mass is 434 g/mol. The zero-order valence-corrected chi connectivity index (χ0v) is 18.7. The average Bonchev–Trinajstić information content (AvgIpc) is 2.74. The SMILES string of the molecule is Cc1ccc(-c2c(N(C)S(=O)(=O)c3ccc(C)cc3)nc3ccc(F)cc3c2C)cc1. The normalized spacial score (nSPS) is 11.6. The van der Waals surface area contributed by atoms with Crippen LogP contribution in [0.15, 0.2) is 71.6 Å². The topological polar surface area (TPSA) is 50.3 Å². The number of aromatic nitrogens is 1. The van der Waals surface area contributed by atoms with Crippen LogP contribution in [0.3, 0.4) is 0 Å². The van der Waals surface area contributed by atoms with Crippen molar-refractivity contribution in [2.24, 2.45) is 0 Å².